The summed E-state index contributed by atoms with van der Waals surface area (Å²) in [5.74, 6) is -0.368. The highest BCUT2D eigenvalue weighted by Gasteiger charge is 1.98. The normalized spacial score (nSPS) is 11.0. The van der Waals surface area contributed by atoms with E-state index in [1.165, 1.54) is 102 Å². The molecule has 0 aliphatic carbocycles. The summed E-state index contributed by atoms with van der Waals surface area (Å²) in [6.07, 6.45) is 24.1. The zero-order valence-electron chi connectivity index (χ0n) is 18.2. The van der Waals surface area contributed by atoms with E-state index in [-0.39, 0.29) is 12.5 Å². The average Bonchev–Trinajstić information content (AvgIpc) is 2.67. The van der Waals surface area contributed by atoms with Crippen molar-refractivity contribution in [2.75, 3.05) is 13.2 Å². The van der Waals surface area contributed by atoms with Crippen LogP contribution in [0.5, 0.6) is 0 Å². The Balaban J connectivity index is 3.17. The fourth-order valence-electron chi connectivity index (χ4n) is 3.19. The first-order valence-electron chi connectivity index (χ1n) is 11.5. The highest BCUT2D eigenvalue weighted by molar-refractivity contribution is 5.82. The van der Waals surface area contributed by atoms with Gasteiger partial charge in [-0.1, -0.05) is 109 Å². The molecule has 0 aromatic rings. The Labute approximate surface area is 172 Å². The first kappa shape index (κ1) is 26.5. The number of amides is 2. The van der Waals surface area contributed by atoms with Gasteiger partial charge in [0.25, 0.3) is 0 Å². The monoisotopic (exact) mass is 396 g/mol. The van der Waals surface area contributed by atoms with Gasteiger partial charge in [-0.15, -0.1) is 0 Å². The third kappa shape index (κ3) is 22.5. The lowest BCUT2D eigenvalue weighted by Crippen LogP contribution is -2.29. The molecule has 0 aromatic heterocycles. The van der Waals surface area contributed by atoms with Crippen LogP contribution in [0.2, 0.25) is 0 Å². The molecule has 0 spiro atoms. The molecule has 164 valence electrons. The van der Waals surface area contributed by atoms with Crippen LogP contribution in [0.25, 0.3) is 0 Å². The molecule has 0 aliphatic heterocycles. The van der Waals surface area contributed by atoms with Crippen molar-refractivity contribution in [3.05, 3.63) is 12.2 Å². The van der Waals surface area contributed by atoms with Gasteiger partial charge in [-0.25, -0.2) is 9.59 Å². The van der Waals surface area contributed by atoms with Crippen LogP contribution in [0.1, 0.15) is 110 Å². The third-order valence-electron chi connectivity index (χ3n) is 4.89. The predicted molar refractivity (Wildman–Crippen MR) is 117 cm³/mol. The quantitative estimate of drug-likeness (QED) is 0.150. The number of unbranched alkanes of at least 4 members (excludes halogenated alkanes) is 15. The van der Waals surface area contributed by atoms with E-state index in [1.54, 1.807) is 0 Å². The molecule has 2 amide bonds. The van der Waals surface area contributed by atoms with Crippen molar-refractivity contribution >= 4 is 12.0 Å². The highest BCUT2D eigenvalue weighted by atomic mass is 16.5. The maximum Gasteiger partial charge on any atom is 0.330 e. The first-order chi connectivity index (χ1) is 13.7. The van der Waals surface area contributed by atoms with Gasteiger partial charge in [-0.2, -0.15) is 0 Å². The Morgan fingerprint density at radius 1 is 0.750 bits per heavy atom. The average molecular weight is 397 g/mol. The van der Waals surface area contributed by atoms with Crippen LogP contribution >= 0.6 is 0 Å². The molecule has 0 bridgehead atoms. The smallest absolute Gasteiger partial charge is 0.330 e. The minimum absolute atomic E-state index is 0.240. The number of carbonyl (C=O) groups excluding carboxylic acids is 2. The number of nitrogens with two attached hydrogens (primary N) is 1. The second kappa shape index (κ2) is 21.8. The number of ether oxygens (including phenoxy) is 1. The number of esters is 1. The number of hydrogen-bond acceptors (Lipinski definition) is 3. The van der Waals surface area contributed by atoms with Crippen LogP contribution in [0.15, 0.2) is 12.2 Å². The van der Waals surface area contributed by atoms with E-state index in [0.29, 0.717) is 6.61 Å². The van der Waals surface area contributed by atoms with E-state index in [1.807, 2.05) is 0 Å². The van der Waals surface area contributed by atoms with Crippen molar-refractivity contribution in [1.82, 2.24) is 5.32 Å². The number of nitrogens with one attached hydrogen (secondary N) is 1. The van der Waals surface area contributed by atoms with Crippen molar-refractivity contribution in [2.45, 2.75) is 110 Å². The number of urea groups is 1. The fourth-order valence-corrected chi connectivity index (χ4v) is 3.19. The van der Waals surface area contributed by atoms with Gasteiger partial charge in [-0.05, 0) is 6.42 Å². The van der Waals surface area contributed by atoms with Gasteiger partial charge in [0, 0.05) is 12.6 Å². The summed E-state index contributed by atoms with van der Waals surface area (Å²) < 4.78 is 5.10. The Bertz CT molecular complexity index is 397. The van der Waals surface area contributed by atoms with Gasteiger partial charge in [0.2, 0.25) is 0 Å². The van der Waals surface area contributed by atoms with Crippen LogP contribution in [0.3, 0.4) is 0 Å². The summed E-state index contributed by atoms with van der Waals surface area (Å²) in [5.41, 5.74) is 4.92. The Morgan fingerprint density at radius 2 is 1.18 bits per heavy atom. The number of rotatable bonds is 20. The molecule has 0 atom stereocenters. The SMILES string of the molecule is CCCCCCCCCCCCCCCCCCOC(=O)C=CCNC(N)=O. The molecule has 28 heavy (non-hydrogen) atoms. The zero-order chi connectivity index (χ0) is 20.7. The summed E-state index contributed by atoms with van der Waals surface area (Å²) >= 11 is 0. The largest absolute Gasteiger partial charge is 0.463 e. The van der Waals surface area contributed by atoms with E-state index in [4.69, 9.17) is 10.5 Å². The Kier molecular flexibility index (Phi) is 20.6. The molecule has 3 N–H and O–H groups in total. The minimum Gasteiger partial charge on any atom is -0.463 e. The maximum atomic E-state index is 11.4. The third-order valence-corrected chi connectivity index (χ3v) is 4.89. The summed E-state index contributed by atoms with van der Waals surface area (Å²) in [6, 6.07) is -0.605. The van der Waals surface area contributed by atoms with Gasteiger partial charge in [0.05, 0.1) is 6.61 Å². The van der Waals surface area contributed by atoms with Crippen molar-refractivity contribution in [3.8, 4) is 0 Å². The predicted octanol–water partition coefficient (Wildman–Crippen LogP) is 6.02. The molecule has 0 rings (SSSR count). The summed E-state index contributed by atoms with van der Waals surface area (Å²) in [4.78, 5) is 21.8. The van der Waals surface area contributed by atoms with Crippen molar-refractivity contribution < 1.29 is 14.3 Å². The van der Waals surface area contributed by atoms with Crippen LogP contribution in [-0.2, 0) is 9.53 Å². The van der Waals surface area contributed by atoms with Crippen LogP contribution < -0.4 is 11.1 Å². The summed E-state index contributed by atoms with van der Waals surface area (Å²) in [7, 11) is 0. The molecular weight excluding hydrogens is 352 g/mol. The van der Waals surface area contributed by atoms with Gasteiger partial charge in [-0.3, -0.25) is 0 Å². The second-order valence-corrected chi connectivity index (χ2v) is 7.62. The molecule has 0 aliphatic rings. The van der Waals surface area contributed by atoms with E-state index in [0.717, 1.165) is 12.8 Å². The molecule has 5 heteroatoms. The standard InChI is InChI=1S/C23H44N2O3/c1-2-3-4-5-6-7-8-9-10-11-12-13-14-15-16-17-21-28-22(26)19-18-20-25-23(24)27/h18-19H,2-17,20-21H2,1H3,(H3,24,25,27). The molecule has 0 saturated heterocycles. The molecule has 0 fully saturated rings. The molecule has 0 unspecified atom stereocenters. The van der Waals surface area contributed by atoms with Crippen molar-refractivity contribution in [2.24, 2.45) is 5.73 Å². The van der Waals surface area contributed by atoms with Crippen LogP contribution in [0, 0.1) is 0 Å². The first-order valence-corrected chi connectivity index (χ1v) is 11.5. The second-order valence-electron chi connectivity index (χ2n) is 7.62. The lowest BCUT2D eigenvalue weighted by atomic mass is 10.0. The minimum atomic E-state index is -0.605. The lowest BCUT2D eigenvalue weighted by molar-refractivity contribution is -0.137. The molecule has 0 radical (unpaired) electrons. The Morgan fingerprint density at radius 3 is 1.61 bits per heavy atom. The van der Waals surface area contributed by atoms with Gasteiger partial charge >= 0.3 is 12.0 Å². The van der Waals surface area contributed by atoms with Crippen molar-refractivity contribution in [3.63, 3.8) is 0 Å². The highest BCUT2D eigenvalue weighted by Crippen LogP contribution is 2.13. The van der Waals surface area contributed by atoms with E-state index < -0.39 is 6.03 Å². The topological polar surface area (TPSA) is 81.4 Å². The molecule has 0 saturated carbocycles. The molecule has 0 heterocycles. The van der Waals surface area contributed by atoms with Gasteiger partial charge < -0.3 is 15.8 Å². The van der Waals surface area contributed by atoms with Crippen LogP contribution in [-0.4, -0.2) is 25.2 Å². The molecular formula is C23H44N2O3. The Hall–Kier alpha value is -1.52. The van der Waals surface area contributed by atoms with Gasteiger partial charge in [0.1, 0.15) is 0 Å². The summed E-state index contributed by atoms with van der Waals surface area (Å²) in [6.45, 7) is 2.97. The number of primary amides is 1. The molecule has 5 nitrogen and oxygen atoms in total. The van der Waals surface area contributed by atoms with E-state index in [9.17, 15) is 9.59 Å². The van der Waals surface area contributed by atoms with E-state index >= 15 is 0 Å². The molecule has 0 aromatic carbocycles. The summed E-state index contributed by atoms with van der Waals surface area (Å²) in [5, 5.41) is 2.37. The van der Waals surface area contributed by atoms with E-state index in [2.05, 4.69) is 12.2 Å². The maximum absolute atomic E-state index is 11.4. The lowest BCUT2D eigenvalue weighted by Gasteiger charge is -2.04. The van der Waals surface area contributed by atoms with Crippen molar-refractivity contribution in [1.29, 1.82) is 0 Å². The number of hydrogen-bond donors (Lipinski definition) is 2. The van der Waals surface area contributed by atoms with Crippen LogP contribution in [0.4, 0.5) is 4.79 Å². The number of carbonyl (C=O) groups is 2. The fraction of sp³-hybridized carbons (Fsp3) is 0.826. The van der Waals surface area contributed by atoms with Gasteiger partial charge in [0.15, 0.2) is 0 Å². The zero-order valence-corrected chi connectivity index (χ0v) is 18.2.